The zero-order valence-electron chi connectivity index (χ0n) is 14.2. The molecular weight excluding hydrogens is 417 g/mol. The number of ether oxygens (including phenoxy) is 1. The number of nitrogens with one attached hydrogen (secondary N) is 1. The maximum absolute atomic E-state index is 13.0. The molecule has 0 bridgehead atoms. The van der Waals surface area contributed by atoms with Crippen LogP contribution in [0.2, 0.25) is 5.02 Å². The molecule has 26 heavy (non-hydrogen) atoms. The first-order chi connectivity index (χ1) is 12.5. The SMILES string of the molecule is Cc1c(Cl)cccc1NCc1cc(Br)ccc1OCc1ccc(F)cc1. The van der Waals surface area contributed by atoms with Crippen LogP contribution in [0.4, 0.5) is 10.1 Å². The summed E-state index contributed by atoms with van der Waals surface area (Å²) in [6, 6.07) is 18.0. The summed E-state index contributed by atoms with van der Waals surface area (Å²) < 4.78 is 19.9. The maximum Gasteiger partial charge on any atom is 0.124 e. The number of benzene rings is 3. The van der Waals surface area contributed by atoms with Crippen molar-refractivity contribution in [2.45, 2.75) is 20.1 Å². The van der Waals surface area contributed by atoms with E-state index in [4.69, 9.17) is 16.3 Å². The second-order valence-corrected chi connectivity index (χ2v) is 7.26. The van der Waals surface area contributed by atoms with E-state index in [1.54, 1.807) is 12.1 Å². The summed E-state index contributed by atoms with van der Waals surface area (Å²) in [6.07, 6.45) is 0. The Hall–Kier alpha value is -2.04. The first-order valence-corrected chi connectivity index (χ1v) is 9.34. The van der Waals surface area contributed by atoms with Crippen molar-refractivity contribution in [2.24, 2.45) is 0 Å². The third kappa shape index (κ3) is 4.77. The van der Waals surface area contributed by atoms with Crippen LogP contribution >= 0.6 is 27.5 Å². The Kier molecular flexibility index (Phi) is 6.17. The van der Waals surface area contributed by atoms with Gasteiger partial charge in [-0.2, -0.15) is 0 Å². The van der Waals surface area contributed by atoms with Crippen LogP contribution in [0.5, 0.6) is 5.75 Å². The summed E-state index contributed by atoms with van der Waals surface area (Å²) in [4.78, 5) is 0. The number of hydrogen-bond acceptors (Lipinski definition) is 2. The van der Waals surface area contributed by atoms with E-state index >= 15 is 0 Å². The second kappa shape index (κ2) is 8.56. The van der Waals surface area contributed by atoms with Gasteiger partial charge in [0.2, 0.25) is 0 Å². The molecule has 0 aliphatic heterocycles. The first-order valence-electron chi connectivity index (χ1n) is 8.17. The fourth-order valence-corrected chi connectivity index (χ4v) is 3.14. The summed E-state index contributed by atoms with van der Waals surface area (Å²) in [5, 5.41) is 4.14. The Morgan fingerprint density at radius 3 is 2.62 bits per heavy atom. The molecule has 0 unspecified atom stereocenters. The van der Waals surface area contributed by atoms with Gasteiger partial charge in [-0.1, -0.05) is 45.7 Å². The normalized spacial score (nSPS) is 10.6. The van der Waals surface area contributed by atoms with Crippen molar-refractivity contribution >= 4 is 33.2 Å². The lowest BCUT2D eigenvalue weighted by atomic mass is 10.1. The summed E-state index contributed by atoms with van der Waals surface area (Å²) in [7, 11) is 0. The maximum atomic E-state index is 13.0. The highest BCUT2D eigenvalue weighted by atomic mass is 79.9. The highest BCUT2D eigenvalue weighted by Crippen LogP contribution is 2.27. The number of hydrogen-bond donors (Lipinski definition) is 1. The van der Waals surface area contributed by atoms with Crippen LogP contribution in [0.3, 0.4) is 0 Å². The topological polar surface area (TPSA) is 21.3 Å². The lowest BCUT2D eigenvalue weighted by molar-refractivity contribution is 0.303. The molecule has 2 nitrogen and oxygen atoms in total. The van der Waals surface area contributed by atoms with Gasteiger partial charge in [0.05, 0.1) is 0 Å². The van der Waals surface area contributed by atoms with Crippen LogP contribution in [0, 0.1) is 12.7 Å². The Balaban J connectivity index is 1.73. The van der Waals surface area contributed by atoms with Crippen molar-refractivity contribution in [3.63, 3.8) is 0 Å². The molecule has 5 heteroatoms. The van der Waals surface area contributed by atoms with Crippen molar-refractivity contribution in [1.29, 1.82) is 0 Å². The highest BCUT2D eigenvalue weighted by molar-refractivity contribution is 9.10. The van der Waals surface area contributed by atoms with Crippen LogP contribution in [0.1, 0.15) is 16.7 Å². The van der Waals surface area contributed by atoms with Gasteiger partial charge < -0.3 is 10.1 Å². The summed E-state index contributed by atoms with van der Waals surface area (Å²) in [6.45, 7) is 2.96. The molecule has 0 amide bonds. The minimum Gasteiger partial charge on any atom is -0.489 e. The second-order valence-electron chi connectivity index (χ2n) is 5.93. The third-order valence-corrected chi connectivity index (χ3v) is 4.97. The van der Waals surface area contributed by atoms with Crippen LogP contribution in [0.25, 0.3) is 0 Å². The van der Waals surface area contributed by atoms with E-state index in [0.717, 1.165) is 37.6 Å². The fourth-order valence-electron chi connectivity index (χ4n) is 2.56. The molecule has 0 radical (unpaired) electrons. The molecule has 0 fully saturated rings. The van der Waals surface area contributed by atoms with Gasteiger partial charge in [0.25, 0.3) is 0 Å². The van der Waals surface area contributed by atoms with Crippen molar-refractivity contribution in [1.82, 2.24) is 0 Å². The highest BCUT2D eigenvalue weighted by Gasteiger charge is 2.08. The van der Waals surface area contributed by atoms with Gasteiger partial charge in [-0.3, -0.25) is 0 Å². The predicted molar refractivity (Wildman–Crippen MR) is 108 cm³/mol. The molecule has 3 aromatic carbocycles. The minimum atomic E-state index is -0.251. The Bertz CT molecular complexity index is 899. The number of halogens is 3. The lowest BCUT2D eigenvalue weighted by Gasteiger charge is -2.15. The molecule has 3 aromatic rings. The number of rotatable bonds is 6. The Morgan fingerprint density at radius 1 is 1.08 bits per heavy atom. The molecule has 0 atom stereocenters. The molecular formula is C21H18BrClFNO. The van der Waals surface area contributed by atoms with E-state index in [2.05, 4.69) is 21.2 Å². The van der Waals surface area contributed by atoms with Gasteiger partial charge in [0.15, 0.2) is 0 Å². The van der Waals surface area contributed by atoms with Gasteiger partial charge >= 0.3 is 0 Å². The molecule has 0 aromatic heterocycles. The Morgan fingerprint density at radius 2 is 1.85 bits per heavy atom. The third-order valence-electron chi connectivity index (χ3n) is 4.07. The van der Waals surface area contributed by atoms with Crippen molar-refractivity contribution in [2.75, 3.05) is 5.32 Å². The van der Waals surface area contributed by atoms with Crippen LogP contribution in [0.15, 0.2) is 65.1 Å². The molecule has 0 spiro atoms. The van der Waals surface area contributed by atoms with Crippen molar-refractivity contribution in [3.8, 4) is 5.75 Å². The molecule has 0 saturated heterocycles. The first kappa shape index (κ1) is 18.7. The Labute approximate surface area is 166 Å². The quantitative estimate of drug-likeness (QED) is 0.464. The molecule has 0 aliphatic carbocycles. The average Bonchev–Trinajstić information content (AvgIpc) is 2.63. The molecule has 0 heterocycles. The van der Waals surface area contributed by atoms with E-state index in [-0.39, 0.29) is 5.82 Å². The standard InChI is InChI=1S/C21H18BrClFNO/c1-14-19(23)3-2-4-20(14)25-12-16-11-17(22)7-10-21(16)26-13-15-5-8-18(24)9-6-15/h2-11,25H,12-13H2,1H3. The van der Waals surface area contributed by atoms with E-state index in [1.165, 1.54) is 12.1 Å². The largest absolute Gasteiger partial charge is 0.489 e. The molecule has 1 N–H and O–H groups in total. The van der Waals surface area contributed by atoms with Crippen LogP contribution in [-0.4, -0.2) is 0 Å². The van der Waals surface area contributed by atoms with Gasteiger partial charge in [-0.15, -0.1) is 0 Å². The summed E-state index contributed by atoms with van der Waals surface area (Å²) in [5.74, 6) is 0.531. The molecule has 134 valence electrons. The van der Waals surface area contributed by atoms with Crippen molar-refractivity contribution in [3.05, 3.63) is 92.7 Å². The van der Waals surface area contributed by atoms with E-state index < -0.39 is 0 Å². The van der Waals surface area contributed by atoms with Crippen LogP contribution < -0.4 is 10.1 Å². The lowest BCUT2D eigenvalue weighted by Crippen LogP contribution is -2.05. The van der Waals surface area contributed by atoms with Crippen LogP contribution in [-0.2, 0) is 13.2 Å². The smallest absolute Gasteiger partial charge is 0.124 e. The molecule has 3 rings (SSSR count). The zero-order valence-corrected chi connectivity index (χ0v) is 16.6. The predicted octanol–water partition coefficient (Wildman–Crippen LogP) is 6.74. The van der Waals surface area contributed by atoms with E-state index in [0.29, 0.717) is 13.2 Å². The molecule has 0 saturated carbocycles. The van der Waals surface area contributed by atoms with E-state index in [9.17, 15) is 4.39 Å². The fraction of sp³-hybridized carbons (Fsp3) is 0.143. The van der Waals surface area contributed by atoms with Gasteiger partial charge in [-0.25, -0.2) is 4.39 Å². The minimum absolute atomic E-state index is 0.251. The monoisotopic (exact) mass is 433 g/mol. The number of anilines is 1. The summed E-state index contributed by atoms with van der Waals surface area (Å²) in [5.41, 5.74) is 3.93. The average molecular weight is 435 g/mol. The van der Waals surface area contributed by atoms with Gasteiger partial charge in [0, 0.05) is 27.3 Å². The van der Waals surface area contributed by atoms with Gasteiger partial charge in [0.1, 0.15) is 18.2 Å². The van der Waals surface area contributed by atoms with E-state index in [1.807, 2.05) is 43.3 Å². The van der Waals surface area contributed by atoms with Crippen molar-refractivity contribution < 1.29 is 9.13 Å². The zero-order chi connectivity index (χ0) is 18.5. The molecule has 0 aliphatic rings. The van der Waals surface area contributed by atoms with Gasteiger partial charge in [-0.05, 0) is 60.5 Å². The summed E-state index contributed by atoms with van der Waals surface area (Å²) >= 11 is 9.69.